The molecule has 2 rings (SSSR count). The number of nitrogens with one attached hydrogen (secondary N) is 2. The van der Waals surface area contributed by atoms with Crippen molar-refractivity contribution in [2.24, 2.45) is 0 Å². The van der Waals surface area contributed by atoms with Gasteiger partial charge in [-0.1, -0.05) is 27.5 Å². The molecule has 1 atom stereocenters. The molecule has 0 spiro atoms. The highest BCUT2D eigenvalue weighted by atomic mass is 79.9. The molecule has 0 aliphatic carbocycles. The van der Waals surface area contributed by atoms with Crippen LogP contribution in [0.15, 0.2) is 22.7 Å². The number of amides is 2. The summed E-state index contributed by atoms with van der Waals surface area (Å²) >= 11 is 9.23. The predicted molar refractivity (Wildman–Crippen MR) is 77.1 cm³/mol. The van der Waals surface area contributed by atoms with Crippen LogP contribution >= 0.6 is 27.5 Å². The summed E-state index contributed by atoms with van der Waals surface area (Å²) in [4.78, 5) is 23.2. The Labute approximate surface area is 128 Å². The highest BCUT2D eigenvalue weighted by Gasteiger charge is 2.44. The molecule has 1 fully saturated rings. The first kappa shape index (κ1) is 15.1. The molecule has 1 unspecified atom stereocenters. The quantitative estimate of drug-likeness (QED) is 0.770. The molecule has 0 bridgehead atoms. The second kappa shape index (κ2) is 5.99. The minimum absolute atomic E-state index is 0.0518. The average molecular weight is 364 g/mol. The van der Waals surface area contributed by atoms with Crippen molar-refractivity contribution in [3.63, 3.8) is 0 Å². The van der Waals surface area contributed by atoms with Crippen molar-refractivity contribution in [1.29, 1.82) is 0 Å². The number of halogens is 2. The van der Waals surface area contributed by atoms with E-state index >= 15 is 0 Å². The lowest BCUT2D eigenvalue weighted by atomic mass is 9.99. The van der Waals surface area contributed by atoms with Crippen LogP contribution in [0.25, 0.3) is 0 Å². The number of rotatable bonds is 3. The Morgan fingerprint density at radius 3 is 2.75 bits per heavy atom. The number of benzene rings is 1. The van der Waals surface area contributed by atoms with Gasteiger partial charge in [0.15, 0.2) is 5.54 Å². The molecule has 1 aliphatic heterocycles. The predicted octanol–water partition coefficient (Wildman–Crippen LogP) is 2.47. The van der Waals surface area contributed by atoms with Crippen molar-refractivity contribution >= 4 is 45.2 Å². The standard InChI is InChI=1S/C12H12BrClN2O4/c13-7-1-2-9(8(14)5-7)15-11(19)16-12(10(17)18)3-4-20-6-12/h1-2,5H,3-4,6H2,(H,17,18)(H2,15,16,19). The van der Waals surface area contributed by atoms with Crippen LogP contribution in [0.2, 0.25) is 5.02 Å². The summed E-state index contributed by atoms with van der Waals surface area (Å²) in [5, 5.41) is 14.5. The third-order valence-electron chi connectivity index (χ3n) is 2.96. The van der Waals surface area contributed by atoms with Gasteiger partial charge in [-0.2, -0.15) is 0 Å². The third-order valence-corrected chi connectivity index (χ3v) is 3.77. The molecule has 0 radical (unpaired) electrons. The van der Waals surface area contributed by atoms with Gasteiger partial charge >= 0.3 is 12.0 Å². The fourth-order valence-electron chi connectivity index (χ4n) is 1.85. The van der Waals surface area contributed by atoms with Gasteiger partial charge in [-0.05, 0) is 18.2 Å². The number of ether oxygens (including phenoxy) is 1. The molecule has 1 aromatic rings. The lowest BCUT2D eigenvalue weighted by Gasteiger charge is -2.23. The zero-order valence-corrected chi connectivity index (χ0v) is 12.6. The Kier molecular flexibility index (Phi) is 4.52. The van der Waals surface area contributed by atoms with Crippen molar-refractivity contribution in [3.8, 4) is 0 Å². The van der Waals surface area contributed by atoms with Crippen molar-refractivity contribution in [3.05, 3.63) is 27.7 Å². The molecule has 3 N–H and O–H groups in total. The van der Waals surface area contributed by atoms with E-state index in [2.05, 4.69) is 26.6 Å². The van der Waals surface area contributed by atoms with Crippen molar-refractivity contribution in [2.45, 2.75) is 12.0 Å². The van der Waals surface area contributed by atoms with Crippen LogP contribution in [0, 0.1) is 0 Å². The lowest BCUT2D eigenvalue weighted by molar-refractivity contribution is -0.144. The van der Waals surface area contributed by atoms with E-state index in [0.717, 1.165) is 4.47 Å². The number of carbonyl (C=O) groups excluding carboxylic acids is 1. The number of aliphatic carboxylic acids is 1. The number of carboxylic acid groups (broad SMARTS) is 1. The SMILES string of the molecule is O=C(Nc1ccc(Br)cc1Cl)NC1(C(=O)O)CCOC1. The highest BCUT2D eigenvalue weighted by molar-refractivity contribution is 9.10. The molecule has 1 heterocycles. The maximum Gasteiger partial charge on any atom is 0.332 e. The molecular formula is C12H12BrClN2O4. The number of carboxylic acids is 1. The summed E-state index contributed by atoms with van der Waals surface area (Å²) in [5.41, 5.74) is -0.988. The van der Waals surface area contributed by atoms with Crippen molar-refractivity contribution < 1.29 is 19.4 Å². The molecule has 1 aromatic carbocycles. The minimum atomic E-state index is -1.38. The molecule has 20 heavy (non-hydrogen) atoms. The van der Waals surface area contributed by atoms with Crippen LogP contribution in [0.5, 0.6) is 0 Å². The summed E-state index contributed by atoms with van der Waals surface area (Å²) in [6.45, 7) is 0.245. The van der Waals surface area contributed by atoms with E-state index < -0.39 is 17.5 Å². The number of carbonyl (C=O) groups is 2. The average Bonchev–Trinajstić information content (AvgIpc) is 2.82. The van der Waals surface area contributed by atoms with Gasteiger partial charge in [0, 0.05) is 17.5 Å². The van der Waals surface area contributed by atoms with Crippen molar-refractivity contribution in [1.82, 2.24) is 5.32 Å². The fourth-order valence-corrected chi connectivity index (χ4v) is 2.57. The Hall–Kier alpha value is -1.31. The summed E-state index contributed by atoms with van der Waals surface area (Å²) in [6, 6.07) is 4.32. The van der Waals surface area contributed by atoms with Crippen LogP contribution in [0.4, 0.5) is 10.5 Å². The van der Waals surface area contributed by atoms with Gasteiger partial charge in [0.1, 0.15) is 0 Å². The molecule has 1 aliphatic rings. The molecule has 2 amide bonds. The van der Waals surface area contributed by atoms with Crippen LogP contribution in [0.3, 0.4) is 0 Å². The van der Waals surface area contributed by atoms with E-state index in [1.54, 1.807) is 18.2 Å². The van der Waals surface area contributed by atoms with E-state index in [0.29, 0.717) is 17.3 Å². The number of urea groups is 1. The zero-order valence-electron chi connectivity index (χ0n) is 10.3. The largest absolute Gasteiger partial charge is 0.479 e. The third kappa shape index (κ3) is 3.23. The summed E-state index contributed by atoms with van der Waals surface area (Å²) in [7, 11) is 0. The number of hydrogen-bond donors (Lipinski definition) is 3. The van der Waals surface area contributed by atoms with Crippen molar-refractivity contribution in [2.75, 3.05) is 18.5 Å². The highest BCUT2D eigenvalue weighted by Crippen LogP contribution is 2.26. The number of anilines is 1. The second-order valence-corrected chi connectivity index (χ2v) is 5.72. The summed E-state index contributed by atoms with van der Waals surface area (Å²) in [6.07, 6.45) is 0.226. The van der Waals surface area contributed by atoms with Gasteiger partial charge in [-0.15, -0.1) is 0 Å². The van der Waals surface area contributed by atoms with E-state index in [1.165, 1.54) is 0 Å². The lowest BCUT2D eigenvalue weighted by Crippen LogP contribution is -2.56. The van der Waals surface area contributed by atoms with Gasteiger partial charge in [0.25, 0.3) is 0 Å². The molecule has 108 valence electrons. The summed E-state index contributed by atoms with van der Waals surface area (Å²) in [5.74, 6) is -1.12. The molecule has 0 aromatic heterocycles. The molecule has 0 saturated carbocycles. The second-order valence-electron chi connectivity index (χ2n) is 4.39. The molecule has 1 saturated heterocycles. The molecular weight excluding hydrogens is 351 g/mol. The molecule has 6 nitrogen and oxygen atoms in total. The van der Waals surface area contributed by atoms with Crippen LogP contribution < -0.4 is 10.6 Å². The first-order chi connectivity index (χ1) is 9.43. The monoisotopic (exact) mass is 362 g/mol. The van der Waals surface area contributed by atoms with Crippen LogP contribution in [0.1, 0.15) is 6.42 Å². The van der Waals surface area contributed by atoms with Crippen LogP contribution in [-0.2, 0) is 9.53 Å². The minimum Gasteiger partial charge on any atom is -0.479 e. The Morgan fingerprint density at radius 1 is 1.45 bits per heavy atom. The van der Waals surface area contributed by atoms with Gasteiger partial charge in [0.2, 0.25) is 0 Å². The summed E-state index contributed by atoms with van der Waals surface area (Å²) < 4.78 is 5.83. The van der Waals surface area contributed by atoms with Gasteiger partial charge < -0.3 is 20.5 Å². The first-order valence-corrected chi connectivity index (χ1v) is 6.95. The molecule has 8 heteroatoms. The Morgan fingerprint density at radius 2 is 2.20 bits per heavy atom. The number of hydrogen-bond acceptors (Lipinski definition) is 3. The van der Waals surface area contributed by atoms with Gasteiger partial charge in [-0.3, -0.25) is 0 Å². The Bertz CT molecular complexity index is 546. The smallest absolute Gasteiger partial charge is 0.332 e. The topological polar surface area (TPSA) is 87.7 Å². The van der Waals surface area contributed by atoms with Crippen LogP contribution in [-0.4, -0.2) is 35.9 Å². The zero-order chi connectivity index (χ0) is 14.8. The Balaban J connectivity index is 2.07. The van der Waals surface area contributed by atoms with E-state index in [1.807, 2.05) is 0 Å². The van der Waals surface area contributed by atoms with E-state index in [-0.39, 0.29) is 13.0 Å². The fraction of sp³-hybridized carbons (Fsp3) is 0.333. The van der Waals surface area contributed by atoms with Gasteiger partial charge in [0.05, 0.1) is 17.3 Å². The first-order valence-electron chi connectivity index (χ1n) is 5.78. The van der Waals surface area contributed by atoms with E-state index in [9.17, 15) is 14.7 Å². The normalized spacial score (nSPS) is 21.5. The maximum atomic E-state index is 11.9. The maximum absolute atomic E-state index is 11.9. The van der Waals surface area contributed by atoms with Gasteiger partial charge in [-0.25, -0.2) is 9.59 Å². The van der Waals surface area contributed by atoms with E-state index in [4.69, 9.17) is 16.3 Å².